The number of fused-ring (bicyclic) bond motifs is 1. The molecule has 0 bridgehead atoms. The summed E-state index contributed by atoms with van der Waals surface area (Å²) < 4.78 is 11.8. The van der Waals surface area contributed by atoms with E-state index in [0.717, 1.165) is 43.9 Å². The molecule has 4 aromatic rings. The van der Waals surface area contributed by atoms with Crippen LogP contribution >= 0.6 is 11.3 Å². The molecule has 0 radical (unpaired) electrons. The Morgan fingerprint density at radius 1 is 0.613 bits per heavy atom. The largest absolute Gasteiger partial charge is 0.485 e. The minimum absolute atomic E-state index is 0.600. The summed E-state index contributed by atoms with van der Waals surface area (Å²) in [5.74, 6) is 1.78. The molecular formula is C27H25NO2S. The first-order valence-corrected chi connectivity index (χ1v) is 11.3. The van der Waals surface area contributed by atoms with Gasteiger partial charge in [0.15, 0.2) is 11.5 Å². The molecule has 0 atom stereocenters. The van der Waals surface area contributed by atoms with Gasteiger partial charge in [-0.1, -0.05) is 47.5 Å². The minimum atomic E-state index is 0.600. The molecule has 0 aliphatic carbocycles. The Kier molecular flexibility index (Phi) is 5.16. The molecule has 2 heterocycles. The average molecular weight is 428 g/mol. The summed E-state index contributed by atoms with van der Waals surface area (Å²) >= 11 is 1.73. The molecule has 0 amide bonds. The van der Waals surface area contributed by atoms with E-state index >= 15 is 0 Å². The molecule has 156 valence electrons. The molecular weight excluding hydrogens is 402 g/mol. The van der Waals surface area contributed by atoms with Gasteiger partial charge < -0.3 is 14.4 Å². The van der Waals surface area contributed by atoms with Crippen LogP contribution in [-0.4, -0.2) is 13.2 Å². The summed E-state index contributed by atoms with van der Waals surface area (Å²) in [6, 6.07) is 26.0. The third-order valence-corrected chi connectivity index (χ3v) is 6.65. The van der Waals surface area contributed by atoms with Crippen molar-refractivity contribution in [2.45, 2.75) is 20.8 Å². The van der Waals surface area contributed by atoms with Gasteiger partial charge in [0.2, 0.25) is 0 Å². The molecule has 1 aliphatic heterocycles. The monoisotopic (exact) mass is 427 g/mol. The van der Waals surface area contributed by atoms with Crippen molar-refractivity contribution in [3.05, 3.63) is 88.8 Å². The first-order valence-electron chi connectivity index (χ1n) is 10.5. The van der Waals surface area contributed by atoms with Crippen molar-refractivity contribution in [1.82, 2.24) is 0 Å². The number of ether oxygens (including phenoxy) is 2. The first kappa shape index (κ1) is 19.7. The summed E-state index contributed by atoms with van der Waals surface area (Å²) in [4.78, 5) is 4.59. The molecule has 0 spiro atoms. The Labute approximate surface area is 187 Å². The fraction of sp³-hybridized carbons (Fsp3) is 0.185. The number of nitrogens with zero attached hydrogens (tertiary/aromatic N) is 1. The lowest BCUT2D eigenvalue weighted by Crippen LogP contribution is -2.14. The molecule has 0 unspecified atom stereocenters. The van der Waals surface area contributed by atoms with Gasteiger partial charge in [-0.25, -0.2) is 0 Å². The predicted octanol–water partition coefficient (Wildman–Crippen LogP) is 7.58. The second-order valence-corrected chi connectivity index (χ2v) is 9.12. The van der Waals surface area contributed by atoms with Crippen molar-refractivity contribution in [3.63, 3.8) is 0 Å². The topological polar surface area (TPSA) is 21.7 Å². The molecule has 1 aromatic heterocycles. The van der Waals surface area contributed by atoms with Crippen molar-refractivity contribution >= 4 is 28.4 Å². The number of hydrogen-bond acceptors (Lipinski definition) is 4. The van der Waals surface area contributed by atoms with E-state index in [4.69, 9.17) is 9.47 Å². The number of benzene rings is 3. The highest BCUT2D eigenvalue weighted by atomic mass is 32.1. The third kappa shape index (κ3) is 3.79. The van der Waals surface area contributed by atoms with Gasteiger partial charge in [-0.05, 0) is 62.7 Å². The van der Waals surface area contributed by atoms with E-state index in [2.05, 4.69) is 98.5 Å². The zero-order chi connectivity index (χ0) is 21.4. The number of hydrogen-bond donors (Lipinski definition) is 0. The number of aryl methyl sites for hydroxylation is 3. The SMILES string of the molecule is Cc1ccc(N(c2ccc(C)cc2)c2ccc(-c3sc(C)c4c3OCCO4)cc2)cc1. The number of rotatable bonds is 4. The Hall–Kier alpha value is -3.24. The van der Waals surface area contributed by atoms with E-state index < -0.39 is 0 Å². The van der Waals surface area contributed by atoms with Crippen LogP contribution in [0.1, 0.15) is 16.0 Å². The molecule has 0 saturated heterocycles. The smallest absolute Gasteiger partial charge is 0.180 e. The fourth-order valence-corrected chi connectivity index (χ4v) is 4.93. The lowest BCUT2D eigenvalue weighted by atomic mass is 10.1. The molecule has 3 aromatic carbocycles. The van der Waals surface area contributed by atoms with Crippen molar-refractivity contribution in [2.24, 2.45) is 0 Å². The van der Waals surface area contributed by atoms with E-state index in [1.54, 1.807) is 11.3 Å². The Morgan fingerprint density at radius 3 is 1.58 bits per heavy atom. The summed E-state index contributed by atoms with van der Waals surface area (Å²) in [5.41, 5.74) is 7.06. The van der Waals surface area contributed by atoms with Crippen LogP contribution < -0.4 is 14.4 Å². The van der Waals surface area contributed by atoms with Crippen LogP contribution in [0.3, 0.4) is 0 Å². The number of thiophene rings is 1. The normalized spacial score (nSPS) is 12.6. The van der Waals surface area contributed by atoms with Crippen LogP contribution in [0, 0.1) is 20.8 Å². The zero-order valence-electron chi connectivity index (χ0n) is 18.0. The van der Waals surface area contributed by atoms with Gasteiger partial charge in [-0.3, -0.25) is 0 Å². The maximum atomic E-state index is 5.94. The summed E-state index contributed by atoms with van der Waals surface area (Å²) in [6.45, 7) is 7.54. The molecule has 0 saturated carbocycles. The van der Waals surface area contributed by atoms with Crippen LogP contribution in [0.2, 0.25) is 0 Å². The van der Waals surface area contributed by atoms with Gasteiger partial charge in [-0.15, -0.1) is 11.3 Å². The Morgan fingerprint density at radius 2 is 1.06 bits per heavy atom. The van der Waals surface area contributed by atoms with Gasteiger partial charge in [0.25, 0.3) is 0 Å². The van der Waals surface area contributed by atoms with Crippen LogP contribution in [0.15, 0.2) is 72.8 Å². The van der Waals surface area contributed by atoms with Crippen LogP contribution in [-0.2, 0) is 0 Å². The van der Waals surface area contributed by atoms with Crippen LogP contribution in [0.5, 0.6) is 11.5 Å². The van der Waals surface area contributed by atoms with Crippen molar-refractivity contribution in [3.8, 4) is 21.9 Å². The lowest BCUT2D eigenvalue weighted by molar-refractivity contribution is 0.173. The van der Waals surface area contributed by atoms with Crippen LogP contribution in [0.25, 0.3) is 10.4 Å². The average Bonchev–Trinajstić information content (AvgIpc) is 3.14. The predicted molar refractivity (Wildman–Crippen MR) is 130 cm³/mol. The Bertz CT molecular complexity index is 1150. The molecule has 4 heteroatoms. The van der Waals surface area contributed by atoms with Gasteiger partial charge >= 0.3 is 0 Å². The highest BCUT2D eigenvalue weighted by Gasteiger charge is 2.23. The van der Waals surface area contributed by atoms with E-state index in [0.29, 0.717) is 13.2 Å². The maximum absolute atomic E-state index is 5.94. The highest BCUT2D eigenvalue weighted by molar-refractivity contribution is 7.16. The number of anilines is 3. The molecule has 0 N–H and O–H groups in total. The van der Waals surface area contributed by atoms with Crippen LogP contribution in [0.4, 0.5) is 17.1 Å². The molecule has 0 fully saturated rings. The van der Waals surface area contributed by atoms with Crippen molar-refractivity contribution in [1.29, 1.82) is 0 Å². The van der Waals surface area contributed by atoms with E-state index in [1.165, 1.54) is 11.1 Å². The highest BCUT2D eigenvalue weighted by Crippen LogP contribution is 2.49. The maximum Gasteiger partial charge on any atom is 0.180 e. The summed E-state index contributed by atoms with van der Waals surface area (Å²) in [6.07, 6.45) is 0. The van der Waals surface area contributed by atoms with E-state index in [9.17, 15) is 0 Å². The quantitative estimate of drug-likeness (QED) is 0.335. The second kappa shape index (κ2) is 8.12. The fourth-order valence-electron chi connectivity index (χ4n) is 3.88. The van der Waals surface area contributed by atoms with Gasteiger partial charge in [0.05, 0.1) is 4.88 Å². The Balaban J connectivity index is 1.55. The first-order chi connectivity index (χ1) is 15.1. The minimum Gasteiger partial charge on any atom is -0.485 e. The van der Waals surface area contributed by atoms with Crippen molar-refractivity contribution < 1.29 is 9.47 Å². The molecule has 5 rings (SSSR count). The van der Waals surface area contributed by atoms with Crippen molar-refractivity contribution in [2.75, 3.05) is 18.1 Å². The molecule has 1 aliphatic rings. The molecule has 3 nitrogen and oxygen atoms in total. The van der Waals surface area contributed by atoms with Gasteiger partial charge in [0.1, 0.15) is 13.2 Å². The third-order valence-electron chi connectivity index (χ3n) is 5.54. The lowest BCUT2D eigenvalue weighted by Gasteiger charge is -2.26. The van der Waals surface area contributed by atoms with E-state index in [1.807, 2.05) is 0 Å². The standard InChI is InChI=1S/C27H25NO2S/c1-18-4-10-22(11-5-18)28(23-12-6-19(2)7-13-23)24-14-8-21(9-15-24)27-26-25(20(3)31-27)29-16-17-30-26/h4-15H,16-17H2,1-3H3. The second-order valence-electron chi connectivity index (χ2n) is 7.90. The summed E-state index contributed by atoms with van der Waals surface area (Å²) in [5, 5.41) is 0. The van der Waals surface area contributed by atoms with Gasteiger partial charge in [-0.2, -0.15) is 0 Å². The summed E-state index contributed by atoms with van der Waals surface area (Å²) in [7, 11) is 0. The zero-order valence-corrected chi connectivity index (χ0v) is 18.8. The van der Waals surface area contributed by atoms with Gasteiger partial charge in [0, 0.05) is 21.9 Å². The molecule has 31 heavy (non-hydrogen) atoms. The van der Waals surface area contributed by atoms with E-state index in [-0.39, 0.29) is 0 Å².